The lowest BCUT2D eigenvalue weighted by Gasteiger charge is -2.32. The number of hydrogen-bond donors (Lipinski definition) is 1. The van der Waals surface area contributed by atoms with E-state index < -0.39 is 5.82 Å². The van der Waals surface area contributed by atoms with Gasteiger partial charge in [0.05, 0.1) is 5.56 Å². The Kier molecular flexibility index (Phi) is 5.66. The van der Waals surface area contributed by atoms with Crippen LogP contribution in [0.5, 0.6) is 0 Å². The van der Waals surface area contributed by atoms with Crippen LogP contribution in [0.2, 0.25) is 0 Å². The summed E-state index contributed by atoms with van der Waals surface area (Å²) in [5.41, 5.74) is 1.84. The number of nitrogens with one attached hydrogen (secondary N) is 1. The number of piperidine rings is 1. The Hall–Kier alpha value is -2.69. The summed E-state index contributed by atoms with van der Waals surface area (Å²) in [7, 11) is 0. The van der Waals surface area contributed by atoms with Gasteiger partial charge in [-0.05, 0) is 49.9 Å². The SMILES string of the molecule is Cc1cccc(C(=O)NCC2CCN(C(=O)c3ccccc3F)CC2)c1. The third kappa shape index (κ3) is 4.28. The molecule has 1 fully saturated rings. The maximum Gasteiger partial charge on any atom is 0.256 e. The summed E-state index contributed by atoms with van der Waals surface area (Å²) in [5.74, 6) is -0.484. The van der Waals surface area contributed by atoms with Gasteiger partial charge in [-0.15, -0.1) is 0 Å². The van der Waals surface area contributed by atoms with E-state index in [1.54, 1.807) is 23.1 Å². The molecule has 1 heterocycles. The Bertz CT molecular complexity index is 798. The Labute approximate surface area is 153 Å². The lowest BCUT2D eigenvalue weighted by Crippen LogP contribution is -2.41. The van der Waals surface area contributed by atoms with Crippen molar-refractivity contribution in [3.05, 3.63) is 71.0 Å². The molecule has 1 aliphatic heterocycles. The van der Waals surface area contributed by atoms with Gasteiger partial charge in [-0.25, -0.2) is 4.39 Å². The van der Waals surface area contributed by atoms with Crippen LogP contribution in [0.3, 0.4) is 0 Å². The van der Waals surface area contributed by atoms with Gasteiger partial charge in [0, 0.05) is 25.2 Å². The van der Waals surface area contributed by atoms with Gasteiger partial charge < -0.3 is 10.2 Å². The Balaban J connectivity index is 1.49. The lowest BCUT2D eigenvalue weighted by molar-refractivity contribution is 0.0679. The molecule has 0 atom stereocenters. The second-order valence-electron chi connectivity index (χ2n) is 6.79. The van der Waals surface area contributed by atoms with E-state index in [-0.39, 0.29) is 17.4 Å². The van der Waals surface area contributed by atoms with Crippen LogP contribution in [0, 0.1) is 18.7 Å². The van der Waals surface area contributed by atoms with E-state index in [9.17, 15) is 14.0 Å². The topological polar surface area (TPSA) is 49.4 Å². The zero-order chi connectivity index (χ0) is 18.5. The molecular formula is C21H23FN2O2. The van der Waals surface area contributed by atoms with Crippen LogP contribution >= 0.6 is 0 Å². The number of nitrogens with zero attached hydrogens (tertiary/aromatic N) is 1. The number of hydrogen-bond acceptors (Lipinski definition) is 2. The van der Waals surface area contributed by atoms with E-state index in [4.69, 9.17) is 0 Å². The third-order valence-electron chi connectivity index (χ3n) is 4.84. The minimum absolute atomic E-state index is 0.0708. The minimum atomic E-state index is -0.481. The van der Waals surface area contributed by atoms with Crippen LogP contribution in [0.15, 0.2) is 48.5 Å². The molecule has 0 aliphatic carbocycles. The molecule has 0 spiro atoms. The van der Waals surface area contributed by atoms with E-state index in [2.05, 4.69) is 5.32 Å². The van der Waals surface area contributed by atoms with Gasteiger partial charge in [-0.2, -0.15) is 0 Å². The molecule has 5 heteroatoms. The molecular weight excluding hydrogens is 331 g/mol. The largest absolute Gasteiger partial charge is 0.352 e. The molecule has 3 rings (SSSR count). The summed E-state index contributed by atoms with van der Waals surface area (Å²) >= 11 is 0. The molecule has 0 radical (unpaired) electrons. The molecule has 0 unspecified atom stereocenters. The van der Waals surface area contributed by atoms with Crippen molar-refractivity contribution in [3.8, 4) is 0 Å². The highest BCUT2D eigenvalue weighted by Gasteiger charge is 2.25. The zero-order valence-electron chi connectivity index (χ0n) is 14.9. The first kappa shape index (κ1) is 18.1. The molecule has 1 saturated heterocycles. The van der Waals surface area contributed by atoms with Gasteiger partial charge in [0.15, 0.2) is 0 Å². The van der Waals surface area contributed by atoms with Crippen LogP contribution in [0.1, 0.15) is 39.1 Å². The van der Waals surface area contributed by atoms with Gasteiger partial charge in [0.25, 0.3) is 11.8 Å². The minimum Gasteiger partial charge on any atom is -0.352 e. The smallest absolute Gasteiger partial charge is 0.256 e. The summed E-state index contributed by atoms with van der Waals surface area (Å²) in [6.07, 6.45) is 1.60. The van der Waals surface area contributed by atoms with E-state index in [0.29, 0.717) is 31.1 Å². The van der Waals surface area contributed by atoms with Gasteiger partial charge in [-0.1, -0.05) is 29.8 Å². The Morgan fingerprint density at radius 1 is 1.12 bits per heavy atom. The first-order valence-electron chi connectivity index (χ1n) is 8.93. The molecule has 1 N–H and O–H groups in total. The van der Waals surface area contributed by atoms with Crippen molar-refractivity contribution in [1.82, 2.24) is 10.2 Å². The summed E-state index contributed by atoms with van der Waals surface area (Å²) in [6, 6.07) is 13.6. The normalized spacial score (nSPS) is 14.9. The van der Waals surface area contributed by atoms with Crippen molar-refractivity contribution in [3.63, 3.8) is 0 Å². The fraction of sp³-hybridized carbons (Fsp3) is 0.333. The highest BCUT2D eigenvalue weighted by atomic mass is 19.1. The molecule has 26 heavy (non-hydrogen) atoms. The summed E-state index contributed by atoms with van der Waals surface area (Å²) in [5, 5.41) is 2.98. The average molecular weight is 354 g/mol. The number of aryl methyl sites for hydroxylation is 1. The summed E-state index contributed by atoms with van der Waals surface area (Å²) in [6.45, 7) is 3.71. The fourth-order valence-electron chi connectivity index (χ4n) is 3.27. The number of carbonyl (C=O) groups excluding carboxylic acids is 2. The molecule has 0 saturated carbocycles. The lowest BCUT2D eigenvalue weighted by atomic mass is 9.96. The molecule has 2 amide bonds. The van der Waals surface area contributed by atoms with E-state index >= 15 is 0 Å². The van der Waals surface area contributed by atoms with Gasteiger partial charge >= 0.3 is 0 Å². The molecule has 136 valence electrons. The second-order valence-corrected chi connectivity index (χ2v) is 6.79. The second kappa shape index (κ2) is 8.13. The van der Waals surface area contributed by atoms with Crippen molar-refractivity contribution in [2.45, 2.75) is 19.8 Å². The van der Waals surface area contributed by atoms with Gasteiger partial charge in [0.2, 0.25) is 0 Å². The van der Waals surface area contributed by atoms with Gasteiger partial charge in [-0.3, -0.25) is 9.59 Å². The fourth-order valence-corrected chi connectivity index (χ4v) is 3.27. The highest BCUT2D eigenvalue weighted by Crippen LogP contribution is 2.19. The molecule has 2 aromatic rings. The van der Waals surface area contributed by atoms with Crippen LogP contribution in [0.25, 0.3) is 0 Å². The predicted molar refractivity (Wildman–Crippen MR) is 98.5 cm³/mol. The zero-order valence-corrected chi connectivity index (χ0v) is 14.9. The maximum absolute atomic E-state index is 13.8. The van der Waals surface area contributed by atoms with E-state index in [1.807, 2.05) is 25.1 Å². The molecule has 0 aromatic heterocycles. The number of halogens is 1. The van der Waals surface area contributed by atoms with Crippen LogP contribution in [-0.2, 0) is 0 Å². The number of amides is 2. The third-order valence-corrected chi connectivity index (χ3v) is 4.84. The van der Waals surface area contributed by atoms with Crippen LogP contribution in [0.4, 0.5) is 4.39 Å². The number of carbonyl (C=O) groups is 2. The first-order valence-corrected chi connectivity index (χ1v) is 8.93. The highest BCUT2D eigenvalue weighted by molar-refractivity contribution is 5.95. The summed E-state index contributed by atoms with van der Waals surface area (Å²) in [4.78, 5) is 26.3. The van der Waals surface area contributed by atoms with E-state index in [1.165, 1.54) is 12.1 Å². The Morgan fingerprint density at radius 3 is 2.54 bits per heavy atom. The van der Waals surface area contributed by atoms with Crippen molar-refractivity contribution < 1.29 is 14.0 Å². The molecule has 1 aliphatic rings. The summed E-state index contributed by atoms with van der Waals surface area (Å²) < 4.78 is 13.8. The number of likely N-dealkylation sites (tertiary alicyclic amines) is 1. The van der Waals surface area contributed by atoms with Crippen molar-refractivity contribution in [2.75, 3.05) is 19.6 Å². The Morgan fingerprint density at radius 2 is 1.85 bits per heavy atom. The number of rotatable bonds is 4. The quantitative estimate of drug-likeness (QED) is 0.915. The first-order chi connectivity index (χ1) is 12.5. The molecule has 0 bridgehead atoms. The maximum atomic E-state index is 13.8. The number of benzene rings is 2. The standard InChI is InChI=1S/C21H23FN2O2/c1-15-5-4-6-17(13-15)20(25)23-14-16-9-11-24(12-10-16)21(26)18-7-2-3-8-19(18)22/h2-8,13,16H,9-12,14H2,1H3,(H,23,25). The van der Waals surface area contributed by atoms with Crippen LogP contribution in [-0.4, -0.2) is 36.3 Å². The molecule has 4 nitrogen and oxygen atoms in total. The van der Waals surface area contributed by atoms with Crippen molar-refractivity contribution in [2.24, 2.45) is 5.92 Å². The van der Waals surface area contributed by atoms with Crippen molar-refractivity contribution in [1.29, 1.82) is 0 Å². The average Bonchev–Trinajstić information content (AvgIpc) is 2.66. The molecule has 2 aromatic carbocycles. The predicted octanol–water partition coefficient (Wildman–Crippen LogP) is 3.42. The monoisotopic (exact) mass is 354 g/mol. The van der Waals surface area contributed by atoms with Gasteiger partial charge in [0.1, 0.15) is 5.82 Å². The van der Waals surface area contributed by atoms with Crippen LogP contribution < -0.4 is 5.32 Å². The van der Waals surface area contributed by atoms with Crippen molar-refractivity contribution >= 4 is 11.8 Å². The van der Waals surface area contributed by atoms with E-state index in [0.717, 1.165) is 18.4 Å².